The maximum atomic E-state index is 12.0. The summed E-state index contributed by atoms with van der Waals surface area (Å²) in [6.45, 7) is 1.81. The van der Waals surface area contributed by atoms with Crippen molar-refractivity contribution >= 4 is 27.9 Å². The van der Waals surface area contributed by atoms with Gasteiger partial charge < -0.3 is 0 Å². The quantitative estimate of drug-likeness (QED) is 0.640. The Bertz CT molecular complexity index is 905. The van der Waals surface area contributed by atoms with Crippen LogP contribution in [0.15, 0.2) is 56.8 Å². The summed E-state index contributed by atoms with van der Waals surface area (Å²) in [7, 11) is -4.11. The van der Waals surface area contributed by atoms with E-state index in [0.717, 1.165) is 11.6 Å². The monoisotopic (exact) mass is 314 g/mol. The minimum absolute atomic E-state index is 0.0897. The van der Waals surface area contributed by atoms with Crippen LogP contribution in [0.1, 0.15) is 5.56 Å². The molecule has 2 aromatic carbocycles. The number of hydrogen-bond donors (Lipinski definition) is 0. The standard InChI is InChI=1S/C15H10N2O4S/c1-11-2-7-15(22(20,21)17-10-19)14(8-11)12-3-5-13(6-4-12)16-9-18/h2-8H,1H3. The lowest BCUT2D eigenvalue weighted by Gasteiger charge is -2.09. The largest absolute Gasteiger partial charge is 0.293 e. The van der Waals surface area contributed by atoms with Crippen LogP contribution in [0.2, 0.25) is 0 Å². The molecule has 7 heteroatoms. The van der Waals surface area contributed by atoms with Crippen molar-refractivity contribution in [2.24, 2.45) is 9.39 Å². The van der Waals surface area contributed by atoms with Gasteiger partial charge in [-0.15, -0.1) is 0 Å². The molecule has 0 heterocycles. The summed E-state index contributed by atoms with van der Waals surface area (Å²) in [5.41, 5.74) is 2.24. The lowest BCUT2D eigenvalue weighted by Crippen LogP contribution is -1.99. The second-order valence-corrected chi connectivity index (χ2v) is 5.98. The zero-order chi connectivity index (χ0) is 16.2. The molecule has 0 N–H and O–H groups in total. The minimum atomic E-state index is -4.11. The topological polar surface area (TPSA) is 93.0 Å². The Morgan fingerprint density at radius 1 is 0.955 bits per heavy atom. The summed E-state index contributed by atoms with van der Waals surface area (Å²) in [5.74, 6) is 0. The molecule has 0 aliphatic rings. The molecule has 0 saturated carbocycles. The van der Waals surface area contributed by atoms with Crippen LogP contribution in [0.5, 0.6) is 0 Å². The SMILES string of the molecule is Cc1ccc(S(=O)(=O)N=C=O)c(-c2ccc(N=C=O)cc2)c1. The second-order valence-electron chi connectivity index (χ2n) is 4.41. The van der Waals surface area contributed by atoms with Crippen LogP contribution in [-0.4, -0.2) is 20.6 Å². The molecule has 0 fully saturated rings. The predicted molar refractivity (Wildman–Crippen MR) is 79.7 cm³/mol. The molecular weight excluding hydrogens is 304 g/mol. The molecule has 0 aromatic heterocycles. The van der Waals surface area contributed by atoms with E-state index in [1.165, 1.54) is 12.1 Å². The second kappa shape index (κ2) is 6.28. The summed E-state index contributed by atoms with van der Waals surface area (Å²) < 4.78 is 26.9. The van der Waals surface area contributed by atoms with Gasteiger partial charge in [0.2, 0.25) is 6.08 Å². The van der Waals surface area contributed by atoms with E-state index >= 15 is 0 Å². The van der Waals surface area contributed by atoms with E-state index in [4.69, 9.17) is 0 Å². The lowest BCUT2D eigenvalue weighted by atomic mass is 10.0. The summed E-state index contributed by atoms with van der Waals surface area (Å²) in [6, 6.07) is 11.0. The third-order valence-electron chi connectivity index (χ3n) is 2.92. The van der Waals surface area contributed by atoms with Crippen LogP contribution in [0.4, 0.5) is 5.69 Å². The van der Waals surface area contributed by atoms with Crippen molar-refractivity contribution in [1.29, 1.82) is 0 Å². The number of benzene rings is 2. The van der Waals surface area contributed by atoms with Crippen molar-refractivity contribution in [3.63, 3.8) is 0 Å². The number of sulfonamides is 1. The maximum Gasteiger partial charge on any atom is 0.293 e. The van der Waals surface area contributed by atoms with Crippen molar-refractivity contribution in [1.82, 2.24) is 0 Å². The molecule has 0 bridgehead atoms. The molecule has 0 radical (unpaired) electrons. The van der Waals surface area contributed by atoms with E-state index in [9.17, 15) is 18.0 Å². The first-order chi connectivity index (χ1) is 10.5. The fraction of sp³-hybridized carbons (Fsp3) is 0.0667. The van der Waals surface area contributed by atoms with E-state index in [1.807, 2.05) is 6.92 Å². The van der Waals surface area contributed by atoms with Gasteiger partial charge in [-0.1, -0.05) is 34.2 Å². The number of carbonyl (C=O) groups excluding carboxylic acids is 2. The minimum Gasteiger partial charge on any atom is -0.211 e. The molecule has 6 nitrogen and oxygen atoms in total. The summed E-state index contributed by atoms with van der Waals surface area (Å²) in [5, 5.41) is 0. The summed E-state index contributed by atoms with van der Waals surface area (Å²) in [6.07, 6.45) is 2.48. The van der Waals surface area contributed by atoms with Gasteiger partial charge in [0.25, 0.3) is 16.1 Å². The number of rotatable bonds is 4. The highest BCUT2D eigenvalue weighted by Gasteiger charge is 2.18. The first kappa shape index (κ1) is 15.5. The molecule has 0 saturated heterocycles. The van der Waals surface area contributed by atoms with E-state index in [2.05, 4.69) is 9.39 Å². The molecule has 0 aliphatic carbocycles. The molecule has 2 rings (SSSR count). The highest BCUT2D eigenvalue weighted by molar-refractivity contribution is 7.90. The maximum absolute atomic E-state index is 12.0. The Morgan fingerprint density at radius 3 is 2.23 bits per heavy atom. The average Bonchev–Trinajstić information content (AvgIpc) is 2.48. The predicted octanol–water partition coefficient (Wildman–Crippen LogP) is 2.65. The van der Waals surface area contributed by atoms with Crippen LogP contribution in [0.3, 0.4) is 0 Å². The molecule has 110 valence electrons. The fourth-order valence-electron chi connectivity index (χ4n) is 1.96. The van der Waals surface area contributed by atoms with Crippen molar-refractivity contribution in [2.75, 3.05) is 0 Å². The Balaban J connectivity index is 2.66. The molecule has 0 aliphatic heterocycles. The van der Waals surface area contributed by atoms with E-state index < -0.39 is 10.0 Å². The Labute approximate surface area is 126 Å². The van der Waals surface area contributed by atoms with Gasteiger partial charge in [0.1, 0.15) is 0 Å². The molecule has 0 amide bonds. The van der Waals surface area contributed by atoms with Crippen molar-refractivity contribution in [3.05, 3.63) is 48.0 Å². The first-order valence-corrected chi connectivity index (χ1v) is 7.55. The Hall–Kier alpha value is -2.85. The van der Waals surface area contributed by atoms with E-state index in [1.54, 1.807) is 36.4 Å². The smallest absolute Gasteiger partial charge is 0.211 e. The number of hydrogen-bond acceptors (Lipinski definition) is 5. The number of nitrogens with zero attached hydrogens (tertiary/aromatic N) is 2. The molecule has 0 spiro atoms. The van der Waals surface area contributed by atoms with Gasteiger partial charge in [-0.2, -0.15) is 13.4 Å². The highest BCUT2D eigenvalue weighted by Crippen LogP contribution is 2.30. The highest BCUT2D eigenvalue weighted by atomic mass is 32.2. The third kappa shape index (κ3) is 3.24. The van der Waals surface area contributed by atoms with Crippen LogP contribution in [0.25, 0.3) is 11.1 Å². The Kier molecular flexibility index (Phi) is 4.44. The molecule has 2 aromatic rings. The average molecular weight is 314 g/mol. The normalized spacial score (nSPS) is 10.4. The van der Waals surface area contributed by atoms with Crippen LogP contribution < -0.4 is 0 Å². The fourth-order valence-corrected chi connectivity index (χ4v) is 2.85. The molecule has 22 heavy (non-hydrogen) atoms. The van der Waals surface area contributed by atoms with Crippen LogP contribution in [-0.2, 0) is 19.6 Å². The molecule has 0 unspecified atom stereocenters. The van der Waals surface area contributed by atoms with Crippen molar-refractivity contribution in [3.8, 4) is 11.1 Å². The summed E-state index contributed by atoms with van der Waals surface area (Å²) in [4.78, 5) is 23.9. The molecule has 0 atom stereocenters. The number of aryl methyl sites for hydroxylation is 1. The third-order valence-corrected chi connectivity index (χ3v) is 4.15. The zero-order valence-electron chi connectivity index (χ0n) is 11.5. The van der Waals surface area contributed by atoms with Gasteiger partial charge >= 0.3 is 0 Å². The number of isocyanates is 2. The van der Waals surface area contributed by atoms with Crippen LogP contribution >= 0.6 is 0 Å². The van der Waals surface area contributed by atoms with Crippen molar-refractivity contribution < 1.29 is 18.0 Å². The first-order valence-electron chi connectivity index (χ1n) is 6.11. The van der Waals surface area contributed by atoms with E-state index in [-0.39, 0.29) is 4.90 Å². The Morgan fingerprint density at radius 2 is 1.64 bits per heavy atom. The van der Waals surface area contributed by atoms with Gasteiger partial charge in [0, 0.05) is 5.56 Å². The van der Waals surface area contributed by atoms with Gasteiger partial charge in [-0.3, -0.25) is 0 Å². The van der Waals surface area contributed by atoms with Gasteiger partial charge in [0.15, 0.2) is 0 Å². The molecular formula is C15H10N2O4S. The van der Waals surface area contributed by atoms with E-state index in [0.29, 0.717) is 16.8 Å². The summed E-state index contributed by atoms with van der Waals surface area (Å²) >= 11 is 0. The van der Waals surface area contributed by atoms with Crippen molar-refractivity contribution in [2.45, 2.75) is 11.8 Å². The van der Waals surface area contributed by atoms with Gasteiger partial charge in [-0.25, -0.2) is 9.59 Å². The van der Waals surface area contributed by atoms with Crippen LogP contribution in [0, 0.1) is 6.92 Å². The number of aliphatic imine (C=N–C) groups is 1. The zero-order valence-corrected chi connectivity index (χ0v) is 12.3. The van der Waals surface area contributed by atoms with Gasteiger partial charge in [-0.05, 0) is 30.7 Å². The van der Waals surface area contributed by atoms with Gasteiger partial charge in [0.05, 0.1) is 10.6 Å². The lowest BCUT2D eigenvalue weighted by molar-refractivity contribution is 0.563.